The van der Waals surface area contributed by atoms with E-state index in [-0.39, 0.29) is 6.04 Å². The minimum absolute atomic E-state index is 0.246. The van der Waals surface area contributed by atoms with E-state index in [2.05, 4.69) is 41.4 Å². The largest absolute Gasteiger partial charge is 0.352 e. The second-order valence-corrected chi connectivity index (χ2v) is 5.23. The van der Waals surface area contributed by atoms with Crippen LogP contribution in [-0.2, 0) is 13.0 Å². The number of primary amides is 1. The van der Waals surface area contributed by atoms with Crippen molar-refractivity contribution in [2.24, 2.45) is 5.73 Å². The number of carbonyl (C=O) groups is 1. The molecule has 1 heterocycles. The number of amides is 2. The first-order valence-electron chi connectivity index (χ1n) is 7.03. The Labute approximate surface area is 115 Å². The molecule has 0 aromatic heterocycles. The zero-order valence-electron chi connectivity index (χ0n) is 11.6. The lowest BCUT2D eigenvalue weighted by Gasteiger charge is -2.32. The zero-order valence-corrected chi connectivity index (χ0v) is 11.6. The molecule has 2 rings (SSSR count). The van der Waals surface area contributed by atoms with Crippen LogP contribution >= 0.6 is 0 Å². The van der Waals surface area contributed by atoms with Gasteiger partial charge in [-0.15, -0.1) is 0 Å². The van der Waals surface area contributed by atoms with Crippen LogP contribution in [0.5, 0.6) is 0 Å². The van der Waals surface area contributed by atoms with Gasteiger partial charge in [-0.25, -0.2) is 4.79 Å². The van der Waals surface area contributed by atoms with Crippen molar-refractivity contribution in [1.29, 1.82) is 0 Å². The molecule has 1 fully saturated rings. The predicted octanol–water partition coefficient (Wildman–Crippen LogP) is 1.88. The molecule has 4 heteroatoms. The average molecular weight is 261 g/mol. The van der Waals surface area contributed by atoms with Crippen LogP contribution < -0.4 is 11.1 Å². The highest BCUT2D eigenvalue weighted by molar-refractivity contribution is 5.71. The van der Waals surface area contributed by atoms with E-state index in [0.717, 1.165) is 38.9 Å². The van der Waals surface area contributed by atoms with Crippen LogP contribution in [-0.4, -0.2) is 30.1 Å². The maximum atomic E-state index is 10.8. The number of hydrogen-bond donors (Lipinski definition) is 2. The van der Waals surface area contributed by atoms with Crippen molar-refractivity contribution in [2.75, 3.05) is 13.1 Å². The van der Waals surface area contributed by atoms with Crippen LogP contribution in [0.2, 0.25) is 0 Å². The standard InChI is InChI=1S/C15H23N3O/c1-2-12-3-5-13(6-4-12)11-18-9-7-14(8-10-18)17-15(16)19/h3-6,14H,2,7-11H2,1H3,(H3,16,17,19). The molecule has 0 saturated carbocycles. The van der Waals surface area contributed by atoms with Gasteiger partial charge in [0.2, 0.25) is 0 Å². The van der Waals surface area contributed by atoms with Gasteiger partial charge >= 0.3 is 6.03 Å². The Morgan fingerprint density at radius 2 is 1.84 bits per heavy atom. The maximum Gasteiger partial charge on any atom is 0.312 e. The van der Waals surface area contributed by atoms with E-state index in [1.165, 1.54) is 11.1 Å². The predicted molar refractivity (Wildman–Crippen MR) is 76.8 cm³/mol. The van der Waals surface area contributed by atoms with Gasteiger partial charge in [0.25, 0.3) is 0 Å². The molecule has 0 unspecified atom stereocenters. The highest BCUT2D eigenvalue weighted by Gasteiger charge is 2.19. The van der Waals surface area contributed by atoms with Crippen molar-refractivity contribution in [3.05, 3.63) is 35.4 Å². The van der Waals surface area contributed by atoms with E-state index in [1.54, 1.807) is 0 Å². The van der Waals surface area contributed by atoms with E-state index < -0.39 is 6.03 Å². The number of aryl methyl sites for hydroxylation is 1. The maximum absolute atomic E-state index is 10.8. The summed E-state index contributed by atoms with van der Waals surface area (Å²) in [6, 6.07) is 8.68. The van der Waals surface area contributed by atoms with Gasteiger partial charge in [0.05, 0.1) is 0 Å². The van der Waals surface area contributed by atoms with Crippen molar-refractivity contribution >= 4 is 6.03 Å². The van der Waals surface area contributed by atoms with Gasteiger partial charge in [-0.2, -0.15) is 0 Å². The number of nitrogens with zero attached hydrogens (tertiary/aromatic N) is 1. The topological polar surface area (TPSA) is 58.4 Å². The van der Waals surface area contributed by atoms with Crippen molar-refractivity contribution in [2.45, 2.75) is 38.8 Å². The second-order valence-electron chi connectivity index (χ2n) is 5.23. The Kier molecular flexibility index (Phi) is 4.80. The number of benzene rings is 1. The minimum Gasteiger partial charge on any atom is -0.352 e. The summed E-state index contributed by atoms with van der Waals surface area (Å²) >= 11 is 0. The van der Waals surface area contributed by atoms with Crippen molar-refractivity contribution in [3.63, 3.8) is 0 Å². The summed E-state index contributed by atoms with van der Waals surface area (Å²) in [5, 5.41) is 2.79. The van der Waals surface area contributed by atoms with Gasteiger partial charge in [0.1, 0.15) is 0 Å². The van der Waals surface area contributed by atoms with E-state index in [9.17, 15) is 4.79 Å². The molecule has 1 aromatic rings. The van der Waals surface area contributed by atoms with Crippen molar-refractivity contribution in [1.82, 2.24) is 10.2 Å². The number of likely N-dealkylation sites (tertiary alicyclic amines) is 1. The van der Waals surface area contributed by atoms with Crippen LogP contribution in [0.15, 0.2) is 24.3 Å². The van der Waals surface area contributed by atoms with E-state index >= 15 is 0 Å². The first-order chi connectivity index (χ1) is 9.17. The molecule has 0 atom stereocenters. The van der Waals surface area contributed by atoms with Gasteiger partial charge in [0, 0.05) is 25.7 Å². The lowest BCUT2D eigenvalue weighted by atomic mass is 10.0. The Balaban J connectivity index is 1.80. The third-order valence-corrected chi connectivity index (χ3v) is 3.77. The van der Waals surface area contributed by atoms with Gasteiger partial charge in [-0.3, -0.25) is 4.90 Å². The number of urea groups is 1. The van der Waals surface area contributed by atoms with E-state index in [4.69, 9.17) is 5.73 Å². The first kappa shape index (κ1) is 13.9. The highest BCUT2D eigenvalue weighted by atomic mass is 16.2. The first-order valence-corrected chi connectivity index (χ1v) is 7.03. The molecule has 19 heavy (non-hydrogen) atoms. The van der Waals surface area contributed by atoms with Crippen LogP contribution in [0.25, 0.3) is 0 Å². The summed E-state index contributed by atoms with van der Waals surface area (Å²) in [4.78, 5) is 13.2. The van der Waals surface area contributed by atoms with Crippen molar-refractivity contribution in [3.8, 4) is 0 Å². The molecule has 0 spiro atoms. The number of nitrogens with two attached hydrogens (primary N) is 1. The molecule has 1 saturated heterocycles. The number of rotatable bonds is 4. The SMILES string of the molecule is CCc1ccc(CN2CCC(NC(N)=O)CC2)cc1. The summed E-state index contributed by atoms with van der Waals surface area (Å²) in [5.74, 6) is 0. The Bertz CT molecular complexity index is 408. The summed E-state index contributed by atoms with van der Waals surface area (Å²) in [5.41, 5.74) is 7.89. The van der Waals surface area contributed by atoms with Gasteiger partial charge in [-0.1, -0.05) is 31.2 Å². The molecule has 104 valence electrons. The van der Waals surface area contributed by atoms with Crippen LogP contribution in [0.3, 0.4) is 0 Å². The lowest BCUT2D eigenvalue weighted by molar-refractivity contribution is 0.189. The second kappa shape index (κ2) is 6.57. The molecule has 1 aliphatic rings. The average Bonchev–Trinajstić information content (AvgIpc) is 2.41. The highest BCUT2D eigenvalue weighted by Crippen LogP contribution is 2.14. The molecule has 2 amide bonds. The minimum atomic E-state index is -0.409. The van der Waals surface area contributed by atoms with Crippen molar-refractivity contribution < 1.29 is 4.79 Å². The van der Waals surface area contributed by atoms with Gasteiger partial charge in [0.15, 0.2) is 0 Å². The monoisotopic (exact) mass is 261 g/mol. The smallest absolute Gasteiger partial charge is 0.312 e. The number of carbonyl (C=O) groups excluding carboxylic acids is 1. The summed E-state index contributed by atoms with van der Waals surface area (Å²) < 4.78 is 0. The van der Waals surface area contributed by atoms with E-state index in [0.29, 0.717) is 0 Å². The molecule has 0 radical (unpaired) electrons. The summed E-state index contributed by atoms with van der Waals surface area (Å²) in [6.45, 7) is 5.19. The molecule has 1 aromatic carbocycles. The number of nitrogens with one attached hydrogen (secondary N) is 1. The fraction of sp³-hybridized carbons (Fsp3) is 0.533. The fourth-order valence-electron chi connectivity index (χ4n) is 2.58. The molecule has 0 aliphatic carbocycles. The van der Waals surface area contributed by atoms with Crippen LogP contribution in [0.1, 0.15) is 30.9 Å². The number of piperidine rings is 1. The third kappa shape index (κ3) is 4.24. The normalized spacial score (nSPS) is 17.3. The van der Waals surface area contributed by atoms with Crippen LogP contribution in [0, 0.1) is 0 Å². The van der Waals surface area contributed by atoms with Gasteiger partial charge < -0.3 is 11.1 Å². The summed E-state index contributed by atoms with van der Waals surface area (Å²) in [7, 11) is 0. The van der Waals surface area contributed by atoms with E-state index in [1.807, 2.05) is 0 Å². The zero-order chi connectivity index (χ0) is 13.7. The Morgan fingerprint density at radius 3 is 2.37 bits per heavy atom. The van der Waals surface area contributed by atoms with Crippen LogP contribution in [0.4, 0.5) is 4.79 Å². The number of hydrogen-bond acceptors (Lipinski definition) is 2. The quantitative estimate of drug-likeness (QED) is 0.869. The molecule has 3 N–H and O–H groups in total. The lowest BCUT2D eigenvalue weighted by Crippen LogP contribution is -2.46. The molecular formula is C15H23N3O. The van der Waals surface area contributed by atoms with Gasteiger partial charge in [-0.05, 0) is 30.4 Å². The Morgan fingerprint density at radius 1 is 1.26 bits per heavy atom. The molecule has 4 nitrogen and oxygen atoms in total. The molecule has 0 bridgehead atoms. The molecule has 1 aliphatic heterocycles. The summed E-state index contributed by atoms with van der Waals surface area (Å²) in [6.07, 6.45) is 3.05. The fourth-order valence-corrected chi connectivity index (χ4v) is 2.58. The Hall–Kier alpha value is -1.55. The third-order valence-electron chi connectivity index (χ3n) is 3.77. The molecular weight excluding hydrogens is 238 g/mol.